The third kappa shape index (κ3) is 2.95. The fraction of sp³-hybridized carbons (Fsp3) is 0.417. The molecule has 5 heteroatoms. The Morgan fingerprint density at radius 2 is 2.12 bits per heavy atom. The van der Waals surface area contributed by atoms with Crippen molar-refractivity contribution in [3.05, 3.63) is 29.8 Å². The van der Waals surface area contributed by atoms with E-state index >= 15 is 0 Å². The lowest BCUT2D eigenvalue weighted by Crippen LogP contribution is -2.23. The van der Waals surface area contributed by atoms with Crippen LogP contribution in [0.5, 0.6) is 0 Å². The van der Waals surface area contributed by atoms with Gasteiger partial charge in [0.2, 0.25) is 0 Å². The quantitative estimate of drug-likeness (QED) is 0.538. The van der Waals surface area contributed by atoms with E-state index < -0.39 is 5.91 Å². The van der Waals surface area contributed by atoms with Crippen molar-refractivity contribution < 1.29 is 10.0 Å². The highest BCUT2D eigenvalue weighted by molar-refractivity contribution is 5.93. The highest BCUT2D eigenvalue weighted by atomic mass is 16.5. The summed E-state index contributed by atoms with van der Waals surface area (Å²) in [4.78, 5) is 13.4. The molecule has 1 aliphatic heterocycles. The Morgan fingerprint density at radius 1 is 1.41 bits per heavy atom. The van der Waals surface area contributed by atoms with Gasteiger partial charge in [-0.3, -0.25) is 10.0 Å². The lowest BCUT2D eigenvalue weighted by molar-refractivity contribution is 0.0706. The van der Waals surface area contributed by atoms with Crippen LogP contribution in [0.25, 0.3) is 0 Å². The van der Waals surface area contributed by atoms with Crippen molar-refractivity contribution in [3.8, 4) is 0 Å². The fourth-order valence-electron chi connectivity index (χ4n) is 2.07. The van der Waals surface area contributed by atoms with Crippen LogP contribution in [0.2, 0.25) is 0 Å². The monoisotopic (exact) mass is 235 g/mol. The van der Waals surface area contributed by atoms with Gasteiger partial charge in [0.1, 0.15) is 0 Å². The Kier molecular flexibility index (Phi) is 3.61. The predicted molar refractivity (Wildman–Crippen MR) is 65.2 cm³/mol. The Balaban J connectivity index is 1.96. The standard InChI is InChI=1S/C12H17N3O2/c1-15-7-6-11(8-15)13-10-4-2-9(3-5-10)12(16)14-17/h2-5,11,13,17H,6-8H2,1H3,(H,14,16). The summed E-state index contributed by atoms with van der Waals surface area (Å²) in [6.07, 6.45) is 1.13. The molecule has 1 fully saturated rings. The molecular weight excluding hydrogens is 218 g/mol. The summed E-state index contributed by atoms with van der Waals surface area (Å²) in [6, 6.07) is 7.54. The maximum Gasteiger partial charge on any atom is 0.274 e. The summed E-state index contributed by atoms with van der Waals surface area (Å²) in [5.74, 6) is -0.489. The van der Waals surface area contributed by atoms with Crippen molar-refractivity contribution in [2.75, 3.05) is 25.5 Å². The number of carbonyl (C=O) groups is 1. The van der Waals surface area contributed by atoms with E-state index in [1.54, 1.807) is 17.6 Å². The van der Waals surface area contributed by atoms with Crippen LogP contribution in [-0.4, -0.2) is 42.2 Å². The van der Waals surface area contributed by atoms with Gasteiger partial charge >= 0.3 is 0 Å². The summed E-state index contributed by atoms with van der Waals surface area (Å²) < 4.78 is 0. The Labute approximate surface area is 100 Å². The summed E-state index contributed by atoms with van der Waals surface area (Å²) in [7, 11) is 2.11. The smallest absolute Gasteiger partial charge is 0.274 e. The molecular formula is C12H17N3O2. The lowest BCUT2D eigenvalue weighted by Gasteiger charge is -2.14. The highest BCUT2D eigenvalue weighted by Crippen LogP contribution is 2.15. The zero-order chi connectivity index (χ0) is 12.3. The van der Waals surface area contributed by atoms with Crippen LogP contribution < -0.4 is 10.8 Å². The summed E-state index contributed by atoms with van der Waals surface area (Å²) in [5, 5.41) is 11.9. The number of nitrogens with zero attached hydrogens (tertiary/aromatic N) is 1. The minimum atomic E-state index is -0.489. The molecule has 1 amide bonds. The second-order valence-electron chi connectivity index (χ2n) is 4.41. The number of hydrogen-bond donors (Lipinski definition) is 3. The lowest BCUT2D eigenvalue weighted by atomic mass is 10.2. The van der Waals surface area contributed by atoms with Gasteiger partial charge in [0.25, 0.3) is 5.91 Å². The van der Waals surface area contributed by atoms with E-state index in [1.165, 1.54) is 0 Å². The van der Waals surface area contributed by atoms with Crippen molar-refractivity contribution in [1.82, 2.24) is 10.4 Å². The van der Waals surface area contributed by atoms with Crippen molar-refractivity contribution in [2.45, 2.75) is 12.5 Å². The van der Waals surface area contributed by atoms with E-state index in [0.717, 1.165) is 25.2 Å². The maximum atomic E-state index is 11.1. The van der Waals surface area contributed by atoms with Gasteiger partial charge in [-0.1, -0.05) is 0 Å². The van der Waals surface area contributed by atoms with Crippen molar-refractivity contribution in [1.29, 1.82) is 0 Å². The number of rotatable bonds is 3. The number of benzene rings is 1. The van der Waals surface area contributed by atoms with Crippen LogP contribution >= 0.6 is 0 Å². The molecule has 0 spiro atoms. The first kappa shape index (κ1) is 11.9. The largest absolute Gasteiger partial charge is 0.381 e. The van der Waals surface area contributed by atoms with E-state index in [9.17, 15) is 4.79 Å². The van der Waals surface area contributed by atoms with E-state index in [4.69, 9.17) is 5.21 Å². The third-order valence-electron chi connectivity index (χ3n) is 3.01. The first-order valence-corrected chi connectivity index (χ1v) is 5.68. The normalized spacial score (nSPS) is 20.2. The molecule has 17 heavy (non-hydrogen) atoms. The predicted octanol–water partition coefficient (Wildman–Crippen LogP) is 0.922. The maximum absolute atomic E-state index is 11.1. The van der Waals surface area contributed by atoms with Gasteiger partial charge in [-0.25, -0.2) is 5.48 Å². The average molecular weight is 235 g/mol. The summed E-state index contributed by atoms with van der Waals surface area (Å²) in [5.41, 5.74) is 3.06. The average Bonchev–Trinajstić information content (AvgIpc) is 2.75. The second-order valence-corrected chi connectivity index (χ2v) is 4.41. The first-order valence-electron chi connectivity index (χ1n) is 5.68. The summed E-state index contributed by atoms with van der Waals surface area (Å²) >= 11 is 0. The number of anilines is 1. The van der Waals surface area contributed by atoms with Crippen LogP contribution in [0.3, 0.4) is 0 Å². The van der Waals surface area contributed by atoms with Crippen LogP contribution in [0, 0.1) is 0 Å². The van der Waals surface area contributed by atoms with E-state index in [-0.39, 0.29) is 0 Å². The number of hydrogen-bond acceptors (Lipinski definition) is 4. The van der Waals surface area contributed by atoms with Gasteiger partial charge in [0.05, 0.1) is 0 Å². The van der Waals surface area contributed by atoms with Crippen molar-refractivity contribution >= 4 is 11.6 Å². The molecule has 92 valence electrons. The Morgan fingerprint density at radius 3 is 2.65 bits per heavy atom. The number of likely N-dealkylation sites (tertiary alicyclic amines) is 1. The van der Waals surface area contributed by atoms with Gasteiger partial charge in [-0.2, -0.15) is 0 Å². The molecule has 1 aromatic carbocycles. The molecule has 2 rings (SSSR count). The highest BCUT2D eigenvalue weighted by Gasteiger charge is 2.18. The molecule has 0 aromatic heterocycles. The zero-order valence-electron chi connectivity index (χ0n) is 9.81. The number of carbonyl (C=O) groups excluding carboxylic acids is 1. The molecule has 0 aliphatic carbocycles. The minimum absolute atomic E-state index is 0.446. The van der Waals surface area contributed by atoms with Crippen LogP contribution in [-0.2, 0) is 0 Å². The number of likely N-dealkylation sites (N-methyl/N-ethyl adjacent to an activating group) is 1. The van der Waals surface area contributed by atoms with Gasteiger partial charge in [0, 0.05) is 23.8 Å². The molecule has 3 N–H and O–H groups in total. The molecule has 1 saturated heterocycles. The minimum Gasteiger partial charge on any atom is -0.381 e. The van der Waals surface area contributed by atoms with E-state index in [0.29, 0.717) is 11.6 Å². The van der Waals surface area contributed by atoms with Gasteiger partial charge in [-0.15, -0.1) is 0 Å². The van der Waals surface area contributed by atoms with Gasteiger partial charge < -0.3 is 10.2 Å². The SMILES string of the molecule is CN1CCC(Nc2ccc(C(=O)NO)cc2)C1. The molecule has 0 radical (unpaired) electrons. The van der Waals surface area contributed by atoms with Crippen LogP contribution in [0.4, 0.5) is 5.69 Å². The second kappa shape index (κ2) is 5.16. The van der Waals surface area contributed by atoms with E-state index in [1.807, 2.05) is 12.1 Å². The summed E-state index contributed by atoms with van der Waals surface area (Å²) in [6.45, 7) is 2.15. The number of hydroxylamine groups is 1. The molecule has 5 nitrogen and oxygen atoms in total. The van der Waals surface area contributed by atoms with E-state index in [2.05, 4.69) is 17.3 Å². The fourth-order valence-corrected chi connectivity index (χ4v) is 2.07. The number of amides is 1. The molecule has 1 atom stereocenters. The Hall–Kier alpha value is -1.59. The molecule has 1 aliphatic rings. The van der Waals surface area contributed by atoms with Crippen LogP contribution in [0.1, 0.15) is 16.8 Å². The molecule has 0 saturated carbocycles. The molecule has 1 aromatic rings. The van der Waals surface area contributed by atoms with Gasteiger partial charge in [-0.05, 0) is 44.3 Å². The first-order chi connectivity index (χ1) is 8.19. The topological polar surface area (TPSA) is 64.6 Å². The van der Waals surface area contributed by atoms with Crippen molar-refractivity contribution in [3.63, 3.8) is 0 Å². The Bertz CT molecular complexity index is 391. The third-order valence-corrected chi connectivity index (χ3v) is 3.01. The van der Waals surface area contributed by atoms with Crippen LogP contribution in [0.15, 0.2) is 24.3 Å². The van der Waals surface area contributed by atoms with Gasteiger partial charge in [0.15, 0.2) is 0 Å². The zero-order valence-corrected chi connectivity index (χ0v) is 9.81. The number of nitrogens with one attached hydrogen (secondary N) is 2. The molecule has 0 bridgehead atoms. The molecule has 1 unspecified atom stereocenters. The van der Waals surface area contributed by atoms with Crippen molar-refractivity contribution in [2.24, 2.45) is 0 Å². The molecule has 1 heterocycles.